The molecule has 0 radical (unpaired) electrons. The highest BCUT2D eigenvalue weighted by Gasteiger charge is 2.21. The Bertz CT molecular complexity index is 599. The van der Waals surface area contributed by atoms with E-state index in [1.807, 2.05) is 0 Å². The van der Waals surface area contributed by atoms with E-state index in [1.54, 1.807) is 0 Å². The van der Waals surface area contributed by atoms with Gasteiger partial charge >= 0.3 is 0 Å². The zero-order valence-electron chi connectivity index (χ0n) is 12.2. The van der Waals surface area contributed by atoms with Gasteiger partial charge in [-0.2, -0.15) is 0 Å². The van der Waals surface area contributed by atoms with Crippen LogP contribution in [0.5, 0.6) is 5.75 Å². The molecule has 1 aliphatic rings. The zero-order valence-corrected chi connectivity index (χ0v) is 13.8. The predicted molar refractivity (Wildman–Crippen MR) is 89.6 cm³/mol. The van der Waals surface area contributed by atoms with Crippen molar-refractivity contribution in [3.8, 4) is 5.75 Å². The molecule has 0 saturated carbocycles. The second-order valence-electron chi connectivity index (χ2n) is 5.52. The lowest BCUT2D eigenvalue weighted by Gasteiger charge is -2.23. The lowest BCUT2D eigenvalue weighted by atomic mass is 9.99. The second kappa shape index (κ2) is 6.63. The number of ether oxygens (including phenoxy) is 1. The van der Waals surface area contributed by atoms with E-state index >= 15 is 0 Å². The van der Waals surface area contributed by atoms with Crippen molar-refractivity contribution in [1.82, 2.24) is 5.32 Å². The maximum absolute atomic E-state index is 5.88. The van der Waals surface area contributed by atoms with Crippen LogP contribution in [-0.2, 0) is 0 Å². The number of rotatable bonds is 3. The number of halogens is 1. The summed E-state index contributed by atoms with van der Waals surface area (Å²) in [6.07, 6.45) is 2.18. The molecule has 0 spiro atoms. The molecule has 1 heterocycles. The van der Waals surface area contributed by atoms with Crippen molar-refractivity contribution < 1.29 is 4.74 Å². The molecule has 0 aliphatic carbocycles. The maximum Gasteiger partial charge on any atom is 0.125 e. The summed E-state index contributed by atoms with van der Waals surface area (Å²) in [4.78, 5) is 0. The molecule has 21 heavy (non-hydrogen) atoms. The third kappa shape index (κ3) is 3.47. The number of fused-ring (bicyclic) bond motifs is 1. The molecule has 2 atom stereocenters. The van der Waals surface area contributed by atoms with E-state index in [4.69, 9.17) is 4.74 Å². The van der Waals surface area contributed by atoms with E-state index in [0.29, 0.717) is 12.1 Å². The van der Waals surface area contributed by atoms with Crippen molar-refractivity contribution in [2.45, 2.75) is 31.8 Å². The lowest BCUT2D eigenvalue weighted by molar-refractivity contribution is 0.314. The smallest absolute Gasteiger partial charge is 0.125 e. The molecule has 1 N–H and O–H groups in total. The Morgan fingerprint density at radius 1 is 1.19 bits per heavy atom. The lowest BCUT2D eigenvalue weighted by Crippen LogP contribution is -2.24. The fourth-order valence-corrected chi connectivity index (χ4v) is 3.20. The van der Waals surface area contributed by atoms with Gasteiger partial charge in [0, 0.05) is 22.1 Å². The minimum absolute atomic E-state index is 0.325. The Kier molecular flexibility index (Phi) is 4.61. The third-order valence-electron chi connectivity index (χ3n) is 4.00. The number of hydrogen-bond acceptors (Lipinski definition) is 2. The van der Waals surface area contributed by atoms with Crippen LogP contribution in [0.3, 0.4) is 0 Å². The van der Waals surface area contributed by atoms with E-state index in [9.17, 15) is 0 Å². The first kappa shape index (κ1) is 14.6. The van der Waals surface area contributed by atoms with Crippen LogP contribution in [0.15, 0.2) is 53.0 Å². The first-order chi connectivity index (χ1) is 10.2. The highest BCUT2D eigenvalue weighted by atomic mass is 79.9. The fourth-order valence-electron chi connectivity index (χ4n) is 2.86. The molecule has 0 aromatic heterocycles. The molecule has 110 valence electrons. The van der Waals surface area contributed by atoms with Crippen molar-refractivity contribution >= 4 is 15.9 Å². The first-order valence-corrected chi connectivity index (χ1v) is 8.26. The van der Waals surface area contributed by atoms with Crippen molar-refractivity contribution in [3.63, 3.8) is 0 Å². The second-order valence-corrected chi connectivity index (χ2v) is 6.44. The highest BCUT2D eigenvalue weighted by molar-refractivity contribution is 9.10. The number of hydrogen-bond donors (Lipinski definition) is 1. The topological polar surface area (TPSA) is 21.3 Å². The van der Waals surface area contributed by atoms with Gasteiger partial charge < -0.3 is 10.1 Å². The van der Waals surface area contributed by atoms with Gasteiger partial charge in [-0.15, -0.1) is 0 Å². The van der Waals surface area contributed by atoms with Crippen molar-refractivity contribution in [3.05, 3.63) is 64.1 Å². The molecule has 3 heteroatoms. The number of nitrogens with one attached hydrogen (secondary N) is 1. The van der Waals surface area contributed by atoms with Crippen LogP contribution < -0.4 is 10.1 Å². The Morgan fingerprint density at radius 3 is 2.81 bits per heavy atom. The predicted octanol–water partition coefficient (Wildman–Crippen LogP) is 5.01. The van der Waals surface area contributed by atoms with Gasteiger partial charge in [-0.25, -0.2) is 0 Å². The minimum atomic E-state index is 0.325. The SMILES string of the molecule is CC(NC1CCCOc2cc(Br)ccc21)c1ccccc1. The molecular formula is C18H20BrNO. The number of benzene rings is 2. The Labute approximate surface area is 134 Å². The molecule has 2 aromatic carbocycles. The van der Waals surface area contributed by atoms with Crippen LogP contribution in [0.1, 0.15) is 43.0 Å². The highest BCUT2D eigenvalue weighted by Crippen LogP contribution is 2.35. The first-order valence-electron chi connectivity index (χ1n) is 7.47. The average Bonchev–Trinajstić information content (AvgIpc) is 2.70. The Balaban J connectivity index is 1.82. The summed E-state index contributed by atoms with van der Waals surface area (Å²) in [7, 11) is 0. The van der Waals surface area contributed by atoms with E-state index in [2.05, 4.69) is 76.7 Å². The van der Waals surface area contributed by atoms with Gasteiger partial charge in [0.15, 0.2) is 0 Å². The monoisotopic (exact) mass is 345 g/mol. The molecule has 2 unspecified atom stereocenters. The minimum Gasteiger partial charge on any atom is -0.493 e. The van der Waals surface area contributed by atoms with Crippen molar-refractivity contribution in [2.75, 3.05) is 6.61 Å². The van der Waals surface area contributed by atoms with Crippen LogP contribution in [0.25, 0.3) is 0 Å². The van der Waals surface area contributed by atoms with Crippen molar-refractivity contribution in [2.24, 2.45) is 0 Å². The molecule has 2 aromatic rings. The zero-order chi connectivity index (χ0) is 14.7. The van der Waals surface area contributed by atoms with Gasteiger partial charge in [0.1, 0.15) is 5.75 Å². The maximum atomic E-state index is 5.88. The van der Waals surface area contributed by atoms with Gasteiger partial charge in [0.2, 0.25) is 0 Å². The molecule has 0 amide bonds. The van der Waals surface area contributed by atoms with Crippen molar-refractivity contribution in [1.29, 1.82) is 0 Å². The summed E-state index contributed by atoms with van der Waals surface area (Å²) in [6, 6.07) is 17.6. The molecule has 1 aliphatic heterocycles. The molecule has 0 saturated heterocycles. The third-order valence-corrected chi connectivity index (χ3v) is 4.49. The van der Waals surface area contributed by atoms with E-state index in [1.165, 1.54) is 11.1 Å². The van der Waals surface area contributed by atoms with Gasteiger partial charge in [-0.1, -0.05) is 52.3 Å². The molecule has 0 bridgehead atoms. The Hall–Kier alpha value is -1.32. The average molecular weight is 346 g/mol. The summed E-state index contributed by atoms with van der Waals surface area (Å²) in [6.45, 7) is 3.01. The van der Waals surface area contributed by atoms with E-state index in [-0.39, 0.29) is 0 Å². The standard InChI is InChI=1S/C18H20BrNO/c1-13(14-6-3-2-4-7-14)20-17-8-5-11-21-18-12-15(19)9-10-16(17)18/h2-4,6-7,9-10,12-13,17,20H,5,8,11H2,1H3. The van der Waals surface area contributed by atoms with Gasteiger partial charge in [0.25, 0.3) is 0 Å². The summed E-state index contributed by atoms with van der Waals surface area (Å²) < 4.78 is 6.94. The summed E-state index contributed by atoms with van der Waals surface area (Å²) in [5, 5.41) is 3.76. The van der Waals surface area contributed by atoms with Crippen LogP contribution >= 0.6 is 15.9 Å². The molecule has 3 rings (SSSR count). The normalized spacial score (nSPS) is 19.2. The summed E-state index contributed by atoms with van der Waals surface area (Å²) in [5.74, 6) is 1.000. The van der Waals surface area contributed by atoms with E-state index < -0.39 is 0 Å². The van der Waals surface area contributed by atoms with E-state index in [0.717, 1.165) is 29.7 Å². The van der Waals surface area contributed by atoms with Gasteiger partial charge in [0.05, 0.1) is 6.61 Å². The molecular weight excluding hydrogens is 326 g/mol. The van der Waals surface area contributed by atoms with Crippen LogP contribution in [0, 0.1) is 0 Å². The van der Waals surface area contributed by atoms with Gasteiger partial charge in [-0.3, -0.25) is 0 Å². The molecule has 0 fully saturated rings. The summed E-state index contributed by atoms with van der Waals surface area (Å²) >= 11 is 3.52. The van der Waals surface area contributed by atoms with Crippen LogP contribution in [-0.4, -0.2) is 6.61 Å². The van der Waals surface area contributed by atoms with Gasteiger partial charge in [-0.05, 0) is 37.5 Å². The summed E-state index contributed by atoms with van der Waals surface area (Å²) in [5.41, 5.74) is 2.58. The fraction of sp³-hybridized carbons (Fsp3) is 0.333. The van der Waals surface area contributed by atoms with Crippen LogP contribution in [0.4, 0.5) is 0 Å². The van der Waals surface area contributed by atoms with Crippen LogP contribution in [0.2, 0.25) is 0 Å². The Morgan fingerprint density at radius 2 is 2.00 bits per heavy atom. The molecule has 2 nitrogen and oxygen atoms in total. The quantitative estimate of drug-likeness (QED) is 0.843. The largest absolute Gasteiger partial charge is 0.493 e.